The lowest BCUT2D eigenvalue weighted by Crippen LogP contribution is -2.40. The van der Waals surface area contributed by atoms with Crippen molar-refractivity contribution in [3.63, 3.8) is 0 Å². The summed E-state index contributed by atoms with van der Waals surface area (Å²) in [6.07, 6.45) is 2.09. The van der Waals surface area contributed by atoms with Crippen molar-refractivity contribution in [1.82, 2.24) is 14.8 Å². The smallest absolute Gasteiger partial charge is 0.173 e. The second-order valence-corrected chi connectivity index (χ2v) is 7.35. The van der Waals surface area contributed by atoms with Gasteiger partial charge in [-0.05, 0) is 61.2 Å². The largest absolute Gasteiger partial charge is 0.497 e. The van der Waals surface area contributed by atoms with Crippen molar-refractivity contribution in [2.45, 2.75) is 20.4 Å². The number of aromatic amines is 1. The normalized spacial score (nSPS) is 11.0. The topological polar surface area (TPSA) is 43.5 Å². The minimum Gasteiger partial charge on any atom is -0.497 e. The van der Waals surface area contributed by atoms with E-state index in [9.17, 15) is 0 Å². The van der Waals surface area contributed by atoms with Gasteiger partial charge in [0.1, 0.15) is 5.75 Å². The van der Waals surface area contributed by atoms with E-state index >= 15 is 0 Å². The number of para-hydroxylation sites is 1. The number of ether oxygens (including phenoxy) is 1. The number of fused-ring (bicyclic) bond motifs is 1. The average molecular weight is 411 g/mol. The summed E-state index contributed by atoms with van der Waals surface area (Å²) in [5.41, 5.74) is 3.36. The Morgan fingerprint density at radius 1 is 1.03 bits per heavy atom. The molecule has 0 radical (unpaired) electrons. The number of methoxy groups -OCH3 is 1. The molecule has 0 unspecified atom stereocenters. The van der Waals surface area contributed by atoms with E-state index in [1.165, 1.54) is 10.9 Å². The highest BCUT2D eigenvalue weighted by Crippen LogP contribution is 2.20. The zero-order chi connectivity index (χ0) is 20.6. The molecule has 2 N–H and O–H groups in total. The van der Waals surface area contributed by atoms with Gasteiger partial charge in [-0.1, -0.05) is 32.0 Å². The van der Waals surface area contributed by atoms with Crippen LogP contribution in [0.25, 0.3) is 10.9 Å². The maximum atomic E-state index is 5.79. The Labute approximate surface area is 178 Å². The first-order chi connectivity index (χ1) is 14.1. The molecule has 3 rings (SSSR count). The molecule has 0 atom stereocenters. The van der Waals surface area contributed by atoms with Crippen molar-refractivity contribution < 1.29 is 4.74 Å². The van der Waals surface area contributed by atoms with Crippen molar-refractivity contribution in [3.8, 4) is 5.75 Å². The Morgan fingerprint density at radius 2 is 1.76 bits per heavy atom. The average Bonchev–Trinajstić information content (AvgIpc) is 3.17. The van der Waals surface area contributed by atoms with E-state index < -0.39 is 0 Å². The quantitative estimate of drug-likeness (QED) is 0.500. The zero-order valence-electron chi connectivity index (χ0n) is 17.4. The highest BCUT2D eigenvalue weighted by molar-refractivity contribution is 7.80. The number of hydrogen-bond acceptors (Lipinski definition) is 3. The molecule has 29 heavy (non-hydrogen) atoms. The zero-order valence-corrected chi connectivity index (χ0v) is 18.3. The molecule has 5 nitrogen and oxygen atoms in total. The van der Waals surface area contributed by atoms with Gasteiger partial charge in [0, 0.05) is 42.4 Å². The molecule has 0 saturated heterocycles. The molecule has 0 spiro atoms. The summed E-state index contributed by atoms with van der Waals surface area (Å²) in [5, 5.41) is 5.36. The van der Waals surface area contributed by atoms with Crippen LogP contribution in [0.15, 0.2) is 54.7 Å². The van der Waals surface area contributed by atoms with Crippen LogP contribution in [0.5, 0.6) is 5.75 Å². The molecule has 0 fully saturated rings. The van der Waals surface area contributed by atoms with Gasteiger partial charge in [0.05, 0.1) is 7.11 Å². The molecule has 3 aromatic rings. The first-order valence-corrected chi connectivity index (χ1v) is 10.5. The van der Waals surface area contributed by atoms with Crippen LogP contribution in [0.2, 0.25) is 0 Å². The Bertz CT molecular complexity index is 918. The van der Waals surface area contributed by atoms with Crippen LogP contribution in [0, 0.1) is 0 Å². The van der Waals surface area contributed by atoms with Crippen LogP contribution in [0.3, 0.4) is 0 Å². The summed E-state index contributed by atoms with van der Waals surface area (Å²) in [4.78, 5) is 8.03. The van der Waals surface area contributed by atoms with Gasteiger partial charge in [-0.25, -0.2) is 0 Å². The third-order valence-corrected chi connectivity index (χ3v) is 5.61. The lowest BCUT2D eigenvalue weighted by atomic mass is 10.1. The monoisotopic (exact) mass is 410 g/mol. The van der Waals surface area contributed by atoms with Gasteiger partial charge >= 0.3 is 0 Å². The van der Waals surface area contributed by atoms with E-state index in [-0.39, 0.29) is 0 Å². The summed E-state index contributed by atoms with van der Waals surface area (Å²) < 4.78 is 5.24. The number of likely N-dealkylation sites (N-methyl/N-ethyl adjacent to an activating group) is 1. The molecule has 2 aromatic carbocycles. The molecule has 0 saturated carbocycles. The summed E-state index contributed by atoms with van der Waals surface area (Å²) in [6, 6.07) is 16.2. The van der Waals surface area contributed by atoms with Gasteiger partial charge in [-0.2, -0.15) is 0 Å². The lowest BCUT2D eigenvalue weighted by molar-refractivity contribution is 0.266. The summed E-state index contributed by atoms with van der Waals surface area (Å²) >= 11 is 5.79. The molecule has 6 heteroatoms. The van der Waals surface area contributed by atoms with Gasteiger partial charge in [0.15, 0.2) is 5.11 Å². The van der Waals surface area contributed by atoms with Crippen LogP contribution >= 0.6 is 12.2 Å². The number of nitrogens with zero attached hydrogens (tertiary/aromatic N) is 2. The maximum absolute atomic E-state index is 5.79. The molecular weight excluding hydrogens is 380 g/mol. The number of benzene rings is 2. The Hall–Kier alpha value is -2.57. The second-order valence-electron chi connectivity index (χ2n) is 6.97. The third-order valence-electron chi connectivity index (χ3n) is 5.25. The van der Waals surface area contributed by atoms with Crippen LogP contribution in [0.1, 0.15) is 19.4 Å². The number of rotatable bonds is 9. The van der Waals surface area contributed by atoms with E-state index in [1.54, 1.807) is 7.11 Å². The number of thiocarbonyl (C=S) groups is 1. The number of nitrogens with one attached hydrogen (secondary N) is 2. The minimum atomic E-state index is 0.729. The number of aromatic nitrogens is 1. The highest BCUT2D eigenvalue weighted by Gasteiger charge is 2.14. The third kappa shape index (κ3) is 5.49. The standard InChI is InChI=1S/C23H30N4OS/c1-4-26(5-2)14-15-27(17-18-16-24-22-9-7-6-8-21(18)22)23(29)25-19-10-12-20(28-3)13-11-19/h6-13,16,24H,4-5,14-15,17H2,1-3H3,(H,25,29). The molecule has 0 amide bonds. The maximum Gasteiger partial charge on any atom is 0.173 e. The van der Waals surface area contributed by atoms with Crippen LogP contribution in [0.4, 0.5) is 5.69 Å². The van der Waals surface area contributed by atoms with E-state index in [0.29, 0.717) is 0 Å². The molecule has 154 valence electrons. The Balaban J connectivity index is 1.76. The Kier molecular flexibility index (Phi) is 7.49. The summed E-state index contributed by atoms with van der Waals surface area (Å²) in [6.45, 7) is 9.06. The first-order valence-electron chi connectivity index (χ1n) is 10.1. The van der Waals surface area contributed by atoms with Crippen molar-refractivity contribution in [1.29, 1.82) is 0 Å². The van der Waals surface area contributed by atoms with Gasteiger partial charge in [0.2, 0.25) is 0 Å². The minimum absolute atomic E-state index is 0.729. The van der Waals surface area contributed by atoms with E-state index in [0.717, 1.165) is 54.8 Å². The molecule has 0 bridgehead atoms. The van der Waals surface area contributed by atoms with Gasteiger partial charge in [-0.15, -0.1) is 0 Å². The fourth-order valence-corrected chi connectivity index (χ4v) is 3.67. The van der Waals surface area contributed by atoms with Crippen molar-refractivity contribution in [2.24, 2.45) is 0 Å². The van der Waals surface area contributed by atoms with Crippen molar-refractivity contribution in [3.05, 3.63) is 60.3 Å². The summed E-state index contributed by atoms with van der Waals surface area (Å²) in [7, 11) is 1.67. The predicted molar refractivity (Wildman–Crippen MR) is 126 cm³/mol. The van der Waals surface area contributed by atoms with Crippen LogP contribution < -0.4 is 10.1 Å². The fraction of sp³-hybridized carbons (Fsp3) is 0.348. The number of hydrogen-bond donors (Lipinski definition) is 2. The Morgan fingerprint density at radius 3 is 2.45 bits per heavy atom. The van der Waals surface area contributed by atoms with E-state index in [1.807, 2.05) is 24.3 Å². The molecule has 1 heterocycles. The van der Waals surface area contributed by atoms with E-state index in [2.05, 4.69) is 64.4 Å². The number of anilines is 1. The second kappa shape index (κ2) is 10.3. The summed E-state index contributed by atoms with van der Waals surface area (Å²) in [5.74, 6) is 0.832. The van der Waals surface area contributed by atoms with Crippen molar-refractivity contribution >= 4 is 33.9 Å². The molecule has 1 aromatic heterocycles. The van der Waals surface area contributed by atoms with Gasteiger partial charge in [0.25, 0.3) is 0 Å². The van der Waals surface area contributed by atoms with Crippen molar-refractivity contribution in [2.75, 3.05) is 38.6 Å². The highest BCUT2D eigenvalue weighted by atomic mass is 32.1. The fourth-order valence-electron chi connectivity index (χ4n) is 3.40. The SMILES string of the molecule is CCN(CC)CCN(Cc1c[nH]c2ccccc12)C(=S)Nc1ccc(OC)cc1. The number of H-pyrrole nitrogens is 1. The van der Waals surface area contributed by atoms with Gasteiger partial charge < -0.3 is 24.8 Å². The molecule has 0 aliphatic carbocycles. The van der Waals surface area contributed by atoms with E-state index in [4.69, 9.17) is 17.0 Å². The molecule has 0 aliphatic rings. The van der Waals surface area contributed by atoms with Gasteiger partial charge in [-0.3, -0.25) is 0 Å². The molecular formula is C23H30N4OS. The van der Waals surface area contributed by atoms with Crippen LogP contribution in [-0.4, -0.2) is 53.2 Å². The molecule has 0 aliphatic heterocycles. The van der Waals surface area contributed by atoms with Crippen LogP contribution in [-0.2, 0) is 6.54 Å². The predicted octanol–water partition coefficient (Wildman–Crippen LogP) is 4.72. The first kappa shape index (κ1) is 21.1. The lowest BCUT2D eigenvalue weighted by Gasteiger charge is -2.29.